The summed E-state index contributed by atoms with van der Waals surface area (Å²) in [7, 11) is 0. The average molecular weight is 208 g/mol. The van der Waals surface area contributed by atoms with Crippen LogP contribution >= 0.6 is 0 Å². The SMILES string of the molecule is N#Cc1cc(F)c(CNC2CC2)c(F)c1. The van der Waals surface area contributed by atoms with E-state index < -0.39 is 11.6 Å². The van der Waals surface area contributed by atoms with E-state index in [1.165, 1.54) is 0 Å². The van der Waals surface area contributed by atoms with Gasteiger partial charge < -0.3 is 5.32 Å². The molecule has 2 nitrogen and oxygen atoms in total. The zero-order valence-corrected chi connectivity index (χ0v) is 8.06. The van der Waals surface area contributed by atoms with Gasteiger partial charge in [-0.05, 0) is 25.0 Å². The quantitative estimate of drug-likeness (QED) is 0.825. The smallest absolute Gasteiger partial charge is 0.131 e. The molecule has 4 heteroatoms. The molecular weight excluding hydrogens is 198 g/mol. The lowest BCUT2D eigenvalue weighted by Gasteiger charge is -2.06. The number of benzene rings is 1. The van der Waals surface area contributed by atoms with Gasteiger partial charge in [-0.1, -0.05) is 0 Å². The van der Waals surface area contributed by atoms with Crippen LogP contribution in [0, 0.1) is 23.0 Å². The van der Waals surface area contributed by atoms with Crippen LogP contribution in [0.3, 0.4) is 0 Å². The maximum Gasteiger partial charge on any atom is 0.131 e. The van der Waals surface area contributed by atoms with Gasteiger partial charge in [0.2, 0.25) is 0 Å². The molecule has 1 aromatic rings. The Morgan fingerprint density at radius 3 is 2.40 bits per heavy atom. The van der Waals surface area contributed by atoms with Gasteiger partial charge in [-0.2, -0.15) is 5.26 Å². The summed E-state index contributed by atoms with van der Waals surface area (Å²) in [4.78, 5) is 0. The topological polar surface area (TPSA) is 35.8 Å². The van der Waals surface area contributed by atoms with Crippen molar-refractivity contribution in [1.82, 2.24) is 5.32 Å². The second-order valence-electron chi connectivity index (χ2n) is 3.69. The molecule has 0 atom stereocenters. The molecule has 0 radical (unpaired) electrons. The number of hydrogen-bond acceptors (Lipinski definition) is 2. The van der Waals surface area contributed by atoms with Gasteiger partial charge in [0.1, 0.15) is 11.6 Å². The molecule has 0 heterocycles. The largest absolute Gasteiger partial charge is 0.310 e. The Morgan fingerprint density at radius 1 is 1.33 bits per heavy atom. The number of halogens is 2. The van der Waals surface area contributed by atoms with E-state index in [0.29, 0.717) is 6.04 Å². The summed E-state index contributed by atoms with van der Waals surface area (Å²) < 4.78 is 26.7. The Balaban J connectivity index is 2.18. The second-order valence-corrected chi connectivity index (χ2v) is 3.69. The van der Waals surface area contributed by atoms with E-state index in [4.69, 9.17) is 5.26 Å². The maximum absolute atomic E-state index is 13.3. The molecule has 0 spiro atoms. The van der Waals surface area contributed by atoms with E-state index in [-0.39, 0.29) is 17.7 Å². The lowest BCUT2D eigenvalue weighted by Crippen LogP contribution is -2.17. The zero-order valence-electron chi connectivity index (χ0n) is 8.06. The minimum atomic E-state index is -0.653. The van der Waals surface area contributed by atoms with Crippen molar-refractivity contribution in [2.24, 2.45) is 0 Å². The van der Waals surface area contributed by atoms with E-state index in [9.17, 15) is 8.78 Å². The van der Waals surface area contributed by atoms with Crippen molar-refractivity contribution in [3.05, 3.63) is 34.9 Å². The predicted molar refractivity (Wildman–Crippen MR) is 50.9 cm³/mol. The first-order valence-corrected chi connectivity index (χ1v) is 4.82. The van der Waals surface area contributed by atoms with E-state index in [1.807, 2.05) is 0 Å². The fraction of sp³-hybridized carbons (Fsp3) is 0.364. The molecule has 0 bridgehead atoms. The molecule has 0 saturated heterocycles. The standard InChI is InChI=1S/C11H10F2N2/c12-10-3-7(5-14)4-11(13)9(10)6-15-8-1-2-8/h3-4,8,15H,1-2,6H2. The highest BCUT2D eigenvalue weighted by atomic mass is 19.1. The van der Waals surface area contributed by atoms with Gasteiger partial charge in [0.15, 0.2) is 0 Å². The maximum atomic E-state index is 13.3. The van der Waals surface area contributed by atoms with E-state index in [2.05, 4.69) is 5.32 Å². The fourth-order valence-electron chi connectivity index (χ4n) is 1.37. The van der Waals surface area contributed by atoms with Crippen LogP contribution in [0.4, 0.5) is 8.78 Å². The summed E-state index contributed by atoms with van der Waals surface area (Å²) in [6, 6.07) is 4.24. The fourth-order valence-corrected chi connectivity index (χ4v) is 1.37. The molecule has 1 N–H and O–H groups in total. The Labute approximate surface area is 86.5 Å². The van der Waals surface area contributed by atoms with Crippen molar-refractivity contribution in [1.29, 1.82) is 5.26 Å². The summed E-state index contributed by atoms with van der Waals surface area (Å²) in [5, 5.41) is 11.5. The summed E-state index contributed by atoms with van der Waals surface area (Å²) in [5.41, 5.74) is 0.0288. The van der Waals surface area contributed by atoms with Crippen LogP contribution in [0.1, 0.15) is 24.0 Å². The second kappa shape index (κ2) is 3.95. The average Bonchev–Trinajstić information content (AvgIpc) is 3.00. The Kier molecular flexibility index (Phi) is 2.65. The van der Waals surface area contributed by atoms with E-state index >= 15 is 0 Å². The number of nitrogens with zero attached hydrogens (tertiary/aromatic N) is 1. The van der Waals surface area contributed by atoms with Crippen molar-refractivity contribution in [3.63, 3.8) is 0 Å². The van der Waals surface area contributed by atoms with Gasteiger partial charge in [-0.3, -0.25) is 0 Å². The molecule has 0 aliphatic heterocycles. The summed E-state index contributed by atoms with van der Waals surface area (Å²) in [5.74, 6) is -1.31. The van der Waals surface area contributed by atoms with E-state index in [1.54, 1.807) is 6.07 Å². The molecule has 1 aromatic carbocycles. The molecule has 0 unspecified atom stereocenters. The Bertz CT molecular complexity index is 396. The highest BCUT2D eigenvalue weighted by molar-refractivity contribution is 5.34. The Hall–Kier alpha value is -1.47. The molecule has 1 aliphatic rings. The Morgan fingerprint density at radius 2 is 1.93 bits per heavy atom. The molecular formula is C11H10F2N2. The summed E-state index contributed by atoms with van der Waals surface area (Å²) >= 11 is 0. The van der Waals surface area contributed by atoms with Crippen LogP contribution in [-0.2, 0) is 6.54 Å². The van der Waals surface area contributed by atoms with E-state index in [0.717, 1.165) is 25.0 Å². The lowest BCUT2D eigenvalue weighted by molar-refractivity contribution is 0.534. The first-order valence-electron chi connectivity index (χ1n) is 4.82. The van der Waals surface area contributed by atoms with Crippen molar-refractivity contribution >= 4 is 0 Å². The third-order valence-corrected chi connectivity index (χ3v) is 2.41. The number of hydrogen-bond donors (Lipinski definition) is 1. The van der Waals surface area contributed by atoms with Gasteiger partial charge in [-0.25, -0.2) is 8.78 Å². The number of rotatable bonds is 3. The van der Waals surface area contributed by atoms with Crippen LogP contribution in [0.25, 0.3) is 0 Å². The van der Waals surface area contributed by atoms with Crippen LogP contribution in [0.15, 0.2) is 12.1 Å². The molecule has 2 rings (SSSR count). The highest BCUT2D eigenvalue weighted by Crippen LogP contribution is 2.21. The minimum absolute atomic E-state index is 0.0140. The highest BCUT2D eigenvalue weighted by Gasteiger charge is 2.21. The lowest BCUT2D eigenvalue weighted by atomic mass is 10.1. The molecule has 78 valence electrons. The zero-order chi connectivity index (χ0) is 10.8. The van der Waals surface area contributed by atoms with Gasteiger partial charge in [-0.15, -0.1) is 0 Å². The van der Waals surface area contributed by atoms with Crippen LogP contribution < -0.4 is 5.32 Å². The van der Waals surface area contributed by atoms with Gasteiger partial charge >= 0.3 is 0 Å². The molecule has 1 aliphatic carbocycles. The summed E-state index contributed by atoms with van der Waals surface area (Å²) in [6.07, 6.45) is 2.14. The van der Waals surface area contributed by atoms with Gasteiger partial charge in [0, 0.05) is 18.2 Å². The third-order valence-electron chi connectivity index (χ3n) is 2.41. The van der Waals surface area contributed by atoms with Crippen molar-refractivity contribution < 1.29 is 8.78 Å². The minimum Gasteiger partial charge on any atom is -0.310 e. The predicted octanol–water partition coefficient (Wildman–Crippen LogP) is 2.09. The van der Waals surface area contributed by atoms with Crippen molar-refractivity contribution in [3.8, 4) is 6.07 Å². The monoisotopic (exact) mass is 208 g/mol. The molecule has 0 amide bonds. The van der Waals surface area contributed by atoms with Crippen LogP contribution in [-0.4, -0.2) is 6.04 Å². The normalized spacial score (nSPS) is 15.0. The number of nitriles is 1. The number of nitrogens with one attached hydrogen (secondary N) is 1. The first kappa shape index (κ1) is 10.1. The summed E-state index contributed by atoms with van der Waals surface area (Å²) in [6.45, 7) is 0.189. The molecule has 1 fully saturated rings. The third kappa shape index (κ3) is 2.31. The van der Waals surface area contributed by atoms with Crippen LogP contribution in [0.2, 0.25) is 0 Å². The molecule has 15 heavy (non-hydrogen) atoms. The van der Waals surface area contributed by atoms with Crippen LogP contribution in [0.5, 0.6) is 0 Å². The first-order chi connectivity index (χ1) is 7.20. The van der Waals surface area contributed by atoms with Crippen molar-refractivity contribution in [2.45, 2.75) is 25.4 Å². The molecule has 0 aromatic heterocycles. The van der Waals surface area contributed by atoms with Gasteiger partial charge in [0.25, 0.3) is 0 Å². The van der Waals surface area contributed by atoms with Gasteiger partial charge in [0.05, 0.1) is 11.6 Å². The molecule has 1 saturated carbocycles. The van der Waals surface area contributed by atoms with Crippen molar-refractivity contribution in [2.75, 3.05) is 0 Å².